The monoisotopic (exact) mass is 443 g/mol. The van der Waals surface area contributed by atoms with E-state index in [4.69, 9.17) is 19.2 Å². The number of hydrogen-bond acceptors (Lipinski definition) is 4. The van der Waals surface area contributed by atoms with Crippen LogP contribution in [0.2, 0.25) is 0 Å². The van der Waals surface area contributed by atoms with Crippen molar-refractivity contribution in [2.75, 3.05) is 40.0 Å². The lowest BCUT2D eigenvalue weighted by Gasteiger charge is -2.22. The molecule has 0 spiro atoms. The van der Waals surface area contributed by atoms with Crippen molar-refractivity contribution >= 4 is 5.96 Å². The topological polar surface area (TPSA) is 55.3 Å². The minimum Gasteiger partial charge on any atom is -0.489 e. The average molecular weight is 444 g/mol. The summed E-state index contributed by atoms with van der Waals surface area (Å²) in [4.78, 5) is 6.75. The molecule has 1 aliphatic rings. The van der Waals surface area contributed by atoms with Crippen LogP contribution in [-0.2, 0) is 22.6 Å². The fourth-order valence-electron chi connectivity index (χ4n) is 3.47. The van der Waals surface area contributed by atoms with Gasteiger partial charge in [0.2, 0.25) is 0 Å². The Bertz CT molecular complexity index is 856. The highest BCUT2D eigenvalue weighted by Gasteiger charge is 2.14. The van der Waals surface area contributed by atoms with E-state index in [1.54, 1.807) is 18.2 Å². The molecule has 0 aromatic heterocycles. The molecule has 1 saturated heterocycles. The van der Waals surface area contributed by atoms with Gasteiger partial charge in [-0.2, -0.15) is 0 Å². The number of nitrogens with zero attached hydrogens (tertiary/aromatic N) is 2. The number of para-hydroxylation sites is 1. The molecule has 0 amide bonds. The van der Waals surface area contributed by atoms with Crippen molar-refractivity contribution in [2.24, 2.45) is 4.99 Å². The Morgan fingerprint density at radius 3 is 2.72 bits per heavy atom. The predicted molar refractivity (Wildman–Crippen MR) is 124 cm³/mol. The first kappa shape index (κ1) is 24.0. The van der Waals surface area contributed by atoms with Crippen molar-refractivity contribution in [2.45, 2.75) is 39.0 Å². The van der Waals surface area contributed by atoms with Crippen LogP contribution in [0.5, 0.6) is 5.75 Å². The number of aliphatic imine (C=N–C) groups is 1. The van der Waals surface area contributed by atoms with Gasteiger partial charge in [0.25, 0.3) is 0 Å². The highest BCUT2D eigenvalue weighted by molar-refractivity contribution is 5.79. The number of hydrogen-bond donors (Lipinski definition) is 1. The zero-order valence-electron chi connectivity index (χ0n) is 19.1. The fraction of sp³-hybridized carbons (Fsp3) is 0.480. The third-order valence-corrected chi connectivity index (χ3v) is 5.27. The van der Waals surface area contributed by atoms with Crippen LogP contribution in [-0.4, -0.2) is 56.9 Å². The molecule has 0 radical (unpaired) electrons. The van der Waals surface area contributed by atoms with E-state index < -0.39 is 0 Å². The van der Waals surface area contributed by atoms with Gasteiger partial charge in [-0.25, -0.2) is 9.38 Å². The summed E-state index contributed by atoms with van der Waals surface area (Å²) in [5, 5.41) is 3.31. The molecule has 3 rings (SSSR count). The lowest BCUT2D eigenvalue weighted by atomic mass is 10.1. The molecule has 0 unspecified atom stereocenters. The standard InChI is InChI=1S/C25H34FN3O3/c1-3-27-25(29(2)13-16-31-24-10-5-4-9-23(24)26)28-18-20-7-6-8-21(17-20)19-32-22-11-14-30-15-12-22/h4-10,17,22H,3,11-16,18-19H2,1-2H3,(H,27,28). The maximum absolute atomic E-state index is 13.7. The first-order chi connectivity index (χ1) is 15.7. The summed E-state index contributed by atoms with van der Waals surface area (Å²) in [6.45, 7) is 6.47. The Balaban J connectivity index is 1.51. The maximum Gasteiger partial charge on any atom is 0.194 e. The molecule has 0 saturated carbocycles. The van der Waals surface area contributed by atoms with Crippen molar-refractivity contribution in [1.82, 2.24) is 10.2 Å². The molecule has 6 nitrogen and oxygen atoms in total. The average Bonchev–Trinajstić information content (AvgIpc) is 2.82. The van der Waals surface area contributed by atoms with Crippen LogP contribution in [0, 0.1) is 5.82 Å². The van der Waals surface area contributed by atoms with Crippen molar-refractivity contribution in [1.29, 1.82) is 0 Å². The second kappa shape index (κ2) is 13.0. The van der Waals surface area contributed by atoms with Crippen LogP contribution in [0.3, 0.4) is 0 Å². The van der Waals surface area contributed by atoms with Gasteiger partial charge < -0.3 is 24.4 Å². The minimum absolute atomic E-state index is 0.266. The summed E-state index contributed by atoms with van der Waals surface area (Å²) >= 11 is 0. The van der Waals surface area contributed by atoms with E-state index in [1.807, 2.05) is 24.9 Å². The van der Waals surface area contributed by atoms with Gasteiger partial charge in [-0.3, -0.25) is 0 Å². The molecule has 2 aromatic rings. The Kier molecular flexibility index (Phi) is 9.78. The molecular formula is C25H34FN3O3. The number of benzene rings is 2. The van der Waals surface area contributed by atoms with Crippen LogP contribution in [0.4, 0.5) is 4.39 Å². The summed E-state index contributed by atoms with van der Waals surface area (Å²) in [5.41, 5.74) is 2.28. The van der Waals surface area contributed by atoms with E-state index in [0.717, 1.165) is 49.7 Å². The van der Waals surface area contributed by atoms with Crippen LogP contribution in [0.1, 0.15) is 30.9 Å². The van der Waals surface area contributed by atoms with E-state index in [9.17, 15) is 4.39 Å². The molecule has 32 heavy (non-hydrogen) atoms. The molecule has 2 aromatic carbocycles. The number of guanidine groups is 1. The number of ether oxygens (including phenoxy) is 3. The van der Waals surface area contributed by atoms with Crippen LogP contribution in [0.25, 0.3) is 0 Å². The summed E-state index contributed by atoms with van der Waals surface area (Å²) in [7, 11) is 1.95. The summed E-state index contributed by atoms with van der Waals surface area (Å²) in [5.74, 6) is 0.701. The van der Waals surface area contributed by atoms with Crippen molar-refractivity contribution in [3.8, 4) is 5.75 Å². The SMILES string of the molecule is CCNC(=NCc1cccc(COC2CCOCC2)c1)N(C)CCOc1ccccc1F. The molecular weight excluding hydrogens is 409 g/mol. The zero-order chi connectivity index (χ0) is 22.6. The van der Waals surface area contributed by atoms with Gasteiger partial charge in [0, 0.05) is 26.8 Å². The molecule has 0 aliphatic carbocycles. The van der Waals surface area contributed by atoms with Crippen LogP contribution < -0.4 is 10.1 Å². The minimum atomic E-state index is -0.351. The molecule has 0 atom stereocenters. The highest BCUT2D eigenvalue weighted by atomic mass is 19.1. The Morgan fingerprint density at radius 2 is 1.94 bits per heavy atom. The van der Waals surface area contributed by atoms with Gasteiger partial charge in [-0.1, -0.05) is 36.4 Å². The molecule has 1 heterocycles. The fourth-order valence-corrected chi connectivity index (χ4v) is 3.47. The second-order valence-corrected chi connectivity index (χ2v) is 7.81. The molecule has 7 heteroatoms. The van der Waals surface area contributed by atoms with Crippen molar-refractivity contribution in [3.63, 3.8) is 0 Å². The van der Waals surface area contributed by atoms with Gasteiger partial charge in [0.05, 0.1) is 25.8 Å². The number of halogens is 1. The van der Waals surface area contributed by atoms with Gasteiger partial charge in [-0.15, -0.1) is 0 Å². The second-order valence-electron chi connectivity index (χ2n) is 7.81. The van der Waals surface area contributed by atoms with Gasteiger partial charge in [-0.05, 0) is 43.0 Å². The summed E-state index contributed by atoms with van der Waals surface area (Å²) in [6, 6.07) is 14.8. The van der Waals surface area contributed by atoms with Gasteiger partial charge >= 0.3 is 0 Å². The third kappa shape index (κ3) is 7.80. The van der Waals surface area contributed by atoms with E-state index in [0.29, 0.717) is 26.3 Å². The first-order valence-electron chi connectivity index (χ1n) is 11.3. The van der Waals surface area contributed by atoms with Crippen molar-refractivity contribution in [3.05, 3.63) is 65.5 Å². The maximum atomic E-state index is 13.7. The third-order valence-electron chi connectivity index (χ3n) is 5.27. The van der Waals surface area contributed by atoms with Gasteiger partial charge in [0.1, 0.15) is 6.61 Å². The molecule has 1 fully saturated rings. The lowest BCUT2D eigenvalue weighted by molar-refractivity contribution is -0.0390. The number of likely N-dealkylation sites (N-methyl/N-ethyl adjacent to an activating group) is 1. The zero-order valence-corrected chi connectivity index (χ0v) is 19.1. The number of nitrogens with one attached hydrogen (secondary N) is 1. The molecule has 1 N–H and O–H groups in total. The van der Waals surface area contributed by atoms with Crippen molar-refractivity contribution < 1.29 is 18.6 Å². The largest absolute Gasteiger partial charge is 0.489 e. The Labute approximate surface area is 190 Å². The molecule has 0 bridgehead atoms. The normalized spacial score (nSPS) is 14.9. The van der Waals surface area contributed by atoms with E-state index in [2.05, 4.69) is 23.5 Å². The van der Waals surface area contributed by atoms with Crippen LogP contribution in [0.15, 0.2) is 53.5 Å². The quantitative estimate of drug-likeness (QED) is 0.444. The Morgan fingerprint density at radius 1 is 1.16 bits per heavy atom. The Hall–Kier alpha value is -2.64. The van der Waals surface area contributed by atoms with Crippen LogP contribution >= 0.6 is 0 Å². The van der Waals surface area contributed by atoms with E-state index >= 15 is 0 Å². The first-order valence-corrected chi connectivity index (χ1v) is 11.3. The summed E-state index contributed by atoms with van der Waals surface area (Å²) in [6.07, 6.45) is 2.21. The van der Waals surface area contributed by atoms with E-state index in [1.165, 1.54) is 6.07 Å². The highest BCUT2D eigenvalue weighted by Crippen LogP contribution is 2.16. The lowest BCUT2D eigenvalue weighted by Crippen LogP contribution is -2.40. The van der Waals surface area contributed by atoms with E-state index in [-0.39, 0.29) is 17.7 Å². The summed E-state index contributed by atoms with van der Waals surface area (Å²) < 4.78 is 30.7. The van der Waals surface area contributed by atoms with Gasteiger partial charge in [0.15, 0.2) is 17.5 Å². The molecule has 1 aliphatic heterocycles. The number of rotatable bonds is 10. The molecule has 174 valence electrons. The smallest absolute Gasteiger partial charge is 0.194 e. The predicted octanol–water partition coefficient (Wildman–Crippen LogP) is 4.00.